The molecule has 1 aromatic rings. The van der Waals surface area contributed by atoms with Crippen LogP contribution in [0.3, 0.4) is 0 Å². The third-order valence-electron chi connectivity index (χ3n) is 7.09. The molecule has 5 atom stereocenters. The average molecular weight is 708 g/mol. The fourth-order valence-corrected chi connectivity index (χ4v) is 4.35. The number of phenolic OH excluding ortho intramolecular Hbond substituents is 1. The summed E-state index contributed by atoms with van der Waals surface area (Å²) >= 11 is 0. The Morgan fingerprint density at radius 2 is 1.38 bits per heavy atom. The van der Waals surface area contributed by atoms with Crippen LogP contribution in [0, 0.1) is 5.92 Å². The smallest absolute Gasteiger partial charge is 0.452 e. The number of phenols is 1. The van der Waals surface area contributed by atoms with E-state index in [0.29, 0.717) is 5.56 Å². The van der Waals surface area contributed by atoms with Gasteiger partial charge in [-0.2, -0.15) is 0 Å². The highest BCUT2D eigenvalue weighted by molar-refractivity contribution is 6.41. The molecule has 20 nitrogen and oxygen atoms in total. The number of nitrogens with zero attached hydrogens (tertiary/aromatic N) is 1. The Morgan fingerprint density at radius 1 is 0.800 bits per heavy atom. The fourth-order valence-electron chi connectivity index (χ4n) is 4.35. The Hall–Kier alpha value is -5.44. The zero-order valence-corrected chi connectivity index (χ0v) is 27.8. The van der Waals surface area contributed by atoms with Gasteiger partial charge in [-0.05, 0) is 50.2 Å². The fraction of sp³-hybridized carbons (Fsp3) is 0.517. The molecule has 0 aliphatic heterocycles. The summed E-state index contributed by atoms with van der Waals surface area (Å²) in [6.45, 7) is 2.17. The molecule has 0 saturated carbocycles. The molecule has 0 aliphatic rings. The van der Waals surface area contributed by atoms with E-state index in [0.717, 1.165) is 0 Å². The maximum Gasteiger partial charge on any atom is 0.452 e. The number of primary amides is 1. The third-order valence-corrected chi connectivity index (χ3v) is 7.09. The van der Waals surface area contributed by atoms with Crippen LogP contribution < -0.4 is 43.8 Å². The lowest BCUT2D eigenvalue weighted by molar-refractivity contribution is -0.142. The highest BCUT2D eigenvalue weighted by Crippen LogP contribution is 2.12. The summed E-state index contributed by atoms with van der Waals surface area (Å²) in [6.07, 6.45) is -0.948. The number of carbonyl (C=O) groups excluding carboxylic acids is 6. The number of aromatic hydroxyl groups is 1. The van der Waals surface area contributed by atoms with Gasteiger partial charge in [-0.25, -0.2) is 4.79 Å². The first-order valence-electron chi connectivity index (χ1n) is 15.6. The van der Waals surface area contributed by atoms with Crippen LogP contribution in [0.15, 0.2) is 29.3 Å². The number of carboxylic acid groups (broad SMARTS) is 1. The van der Waals surface area contributed by atoms with Crippen LogP contribution in [0.1, 0.15) is 45.1 Å². The summed E-state index contributed by atoms with van der Waals surface area (Å²) in [5.74, 6) is -7.39. The Kier molecular flexibility index (Phi) is 18.3. The van der Waals surface area contributed by atoms with Gasteiger partial charge in [0.05, 0.1) is 6.54 Å². The van der Waals surface area contributed by atoms with E-state index in [1.807, 2.05) is 0 Å². The number of benzene rings is 1. The van der Waals surface area contributed by atoms with E-state index < -0.39 is 85.2 Å². The highest BCUT2D eigenvalue weighted by Gasteiger charge is 2.30. The quantitative estimate of drug-likeness (QED) is 0.0234. The van der Waals surface area contributed by atoms with Crippen LogP contribution in [-0.2, 0) is 40.0 Å². The molecule has 0 saturated heterocycles. The number of nitrogens with one attached hydrogen (secondary N) is 5. The van der Waals surface area contributed by atoms with Gasteiger partial charge in [-0.3, -0.25) is 33.8 Å². The van der Waals surface area contributed by atoms with E-state index in [-0.39, 0.29) is 56.7 Å². The summed E-state index contributed by atoms with van der Waals surface area (Å²) in [5.41, 5.74) is 16.4. The van der Waals surface area contributed by atoms with Crippen LogP contribution in [0.25, 0.3) is 0 Å². The van der Waals surface area contributed by atoms with Gasteiger partial charge in [-0.1, -0.05) is 19.1 Å². The number of aliphatic imine (C=N–C) groups is 1. The van der Waals surface area contributed by atoms with E-state index in [4.69, 9.17) is 27.2 Å². The number of rotatable bonds is 22. The second-order valence-electron chi connectivity index (χ2n) is 11.5. The number of nitrogens with two attached hydrogens (primary N) is 3. The molecule has 276 valence electrons. The van der Waals surface area contributed by atoms with Crippen LogP contribution in [-0.4, -0.2) is 112 Å². The summed E-state index contributed by atoms with van der Waals surface area (Å²) in [4.78, 5) is 91.4. The highest BCUT2D eigenvalue weighted by atomic mass is 16.4. The van der Waals surface area contributed by atoms with Gasteiger partial charge < -0.3 is 64.0 Å². The van der Waals surface area contributed by atoms with Crippen molar-refractivity contribution >= 4 is 54.5 Å². The topological polar surface area (TPSA) is 351 Å². The largest absolute Gasteiger partial charge is 0.508 e. The molecule has 15 N–H and O–H groups in total. The van der Waals surface area contributed by atoms with Crippen molar-refractivity contribution in [2.24, 2.45) is 28.1 Å². The Labute approximate surface area is 288 Å². The predicted octanol–water partition coefficient (Wildman–Crippen LogP) is -4.48. The van der Waals surface area contributed by atoms with Crippen LogP contribution in [0.4, 0.5) is 0 Å². The zero-order chi connectivity index (χ0) is 38.0. The van der Waals surface area contributed by atoms with Gasteiger partial charge in [0.25, 0.3) is 0 Å². The van der Waals surface area contributed by atoms with Gasteiger partial charge in [-0.15, -0.1) is 0 Å². The van der Waals surface area contributed by atoms with Crippen molar-refractivity contribution in [3.8, 4) is 5.75 Å². The minimum atomic E-state index is -1.74. The summed E-state index contributed by atoms with van der Waals surface area (Å²) in [5, 5.41) is 49.0. The van der Waals surface area contributed by atoms with Gasteiger partial charge in [0.15, 0.2) is 5.96 Å². The van der Waals surface area contributed by atoms with Gasteiger partial charge in [0.1, 0.15) is 29.9 Å². The summed E-state index contributed by atoms with van der Waals surface area (Å²) in [6, 6.07) is 0.211. The van der Waals surface area contributed by atoms with Gasteiger partial charge in [0, 0.05) is 25.3 Å². The number of carboxylic acids is 1. The van der Waals surface area contributed by atoms with Crippen molar-refractivity contribution in [3.63, 3.8) is 0 Å². The molecule has 6 amide bonds. The van der Waals surface area contributed by atoms with E-state index in [1.54, 1.807) is 0 Å². The molecule has 21 heteroatoms. The van der Waals surface area contributed by atoms with E-state index in [9.17, 15) is 43.8 Å². The first kappa shape index (κ1) is 42.6. The maximum atomic E-state index is 13.4. The van der Waals surface area contributed by atoms with E-state index >= 15 is 0 Å². The number of guanidine groups is 1. The number of aliphatic carboxylic acids is 1. The molecular weight excluding hydrogens is 661 g/mol. The van der Waals surface area contributed by atoms with Crippen molar-refractivity contribution in [1.29, 1.82) is 0 Å². The molecule has 0 heterocycles. The molecule has 0 fully saturated rings. The molecule has 1 rings (SSSR count). The van der Waals surface area contributed by atoms with Gasteiger partial charge in [0.2, 0.25) is 35.4 Å². The second-order valence-corrected chi connectivity index (χ2v) is 11.5. The number of amides is 6. The summed E-state index contributed by atoms with van der Waals surface area (Å²) in [7, 11) is -1.74. The lowest BCUT2D eigenvalue weighted by Crippen LogP contribution is -2.57. The van der Waals surface area contributed by atoms with Crippen LogP contribution >= 0.6 is 0 Å². The number of hydrogen-bond acceptors (Lipinski definition) is 11. The first-order valence-corrected chi connectivity index (χ1v) is 15.6. The third kappa shape index (κ3) is 17.1. The molecule has 0 aromatic heterocycles. The van der Waals surface area contributed by atoms with Crippen molar-refractivity contribution < 1.29 is 53.8 Å². The minimum Gasteiger partial charge on any atom is -0.508 e. The van der Waals surface area contributed by atoms with Crippen molar-refractivity contribution in [1.82, 2.24) is 26.6 Å². The number of hydrogen-bond donors (Lipinski definition) is 12. The van der Waals surface area contributed by atoms with Crippen LogP contribution in [0.2, 0.25) is 6.32 Å². The van der Waals surface area contributed by atoms with E-state index in [2.05, 4.69) is 31.6 Å². The van der Waals surface area contributed by atoms with Crippen molar-refractivity contribution in [3.05, 3.63) is 29.8 Å². The normalized spacial score (nSPS) is 13.6. The zero-order valence-electron chi connectivity index (χ0n) is 27.8. The molecule has 0 radical (unpaired) electrons. The van der Waals surface area contributed by atoms with Crippen molar-refractivity contribution in [2.75, 3.05) is 13.1 Å². The molecular formula is C29H46BN9O11. The maximum absolute atomic E-state index is 13.4. The molecule has 0 bridgehead atoms. The first-order chi connectivity index (χ1) is 23.4. The number of carbonyl (C=O) groups is 7. The molecule has 0 aliphatic carbocycles. The van der Waals surface area contributed by atoms with Gasteiger partial charge >= 0.3 is 13.1 Å². The molecule has 0 unspecified atom stereocenters. The average Bonchev–Trinajstić information content (AvgIpc) is 3.02. The Bertz CT molecular complexity index is 1370. The Balaban J connectivity index is 3.03. The lowest BCUT2D eigenvalue weighted by Gasteiger charge is -2.25. The monoisotopic (exact) mass is 707 g/mol. The predicted molar refractivity (Wildman–Crippen MR) is 178 cm³/mol. The summed E-state index contributed by atoms with van der Waals surface area (Å²) < 4.78 is 0. The van der Waals surface area contributed by atoms with E-state index in [1.165, 1.54) is 38.1 Å². The van der Waals surface area contributed by atoms with Crippen molar-refractivity contribution in [2.45, 2.75) is 76.4 Å². The standard InChI is InChI=1S/C29H46BN9O11/c1-15(13-30(49)50)24(43)35-14-23(42)37-19(4-3-11-34-29(32)33)27(46)38-20(9-10-22(31)41)26(45)36-16(2)25(44)39-21(28(47)48)12-17-5-7-18(40)8-6-17/h5-8,15-16,19-21,40,49-50H,3-4,9-14H2,1-2H3,(H2,31,41)(H,35,43)(H,36,45)(H,37,42)(H,38,46)(H,39,44)(H,47,48)(H4,32,33,34)/t15-,16+,19+,20+,21+/m1/s1. The molecule has 50 heavy (non-hydrogen) atoms. The van der Waals surface area contributed by atoms with Crippen LogP contribution in [0.5, 0.6) is 5.75 Å². The SMILES string of the molecule is C[C@H](CB(O)O)C(=O)NCC(=O)N[C@@H](CCCN=C(N)N)C(=O)N[C@@H](CCC(N)=O)C(=O)N[C@@H](C)C(=O)N[C@@H](Cc1ccc(O)cc1)C(=O)O. The second kappa shape index (κ2) is 21.5. The molecule has 1 aromatic carbocycles. The molecule has 0 spiro atoms. The Morgan fingerprint density at radius 3 is 1.94 bits per heavy atom. The minimum absolute atomic E-state index is 0.0331. The lowest BCUT2D eigenvalue weighted by atomic mass is 9.79.